The molecule has 0 saturated heterocycles. The average Bonchev–Trinajstić information content (AvgIpc) is 2.20. The maximum Gasteiger partial charge on any atom is 0.232 e. The smallest absolute Gasteiger partial charge is 0.232 e. The van der Waals surface area contributed by atoms with Crippen LogP contribution in [-0.2, 0) is 4.79 Å². The van der Waals surface area contributed by atoms with Crippen molar-refractivity contribution < 1.29 is 4.79 Å². The highest BCUT2D eigenvalue weighted by atomic mass is 16.1. The number of allylic oxidation sites excluding steroid dienone is 2. The number of nitrogens with two attached hydrogens (primary N) is 1. The van der Waals surface area contributed by atoms with Crippen molar-refractivity contribution in [3.05, 3.63) is 35.6 Å². The number of carbonyl (C=O) groups is 1. The van der Waals surface area contributed by atoms with Crippen LogP contribution in [0.4, 0.5) is 0 Å². The van der Waals surface area contributed by atoms with Gasteiger partial charge in [0, 0.05) is 12.2 Å². The Morgan fingerprint density at radius 3 is 3.07 bits per heavy atom. The van der Waals surface area contributed by atoms with E-state index >= 15 is 0 Å². The lowest BCUT2D eigenvalue weighted by Gasteiger charge is -2.13. The molecule has 3 N–H and O–H groups in total. The maximum atomic E-state index is 11.1. The Bertz CT molecular complexity index is 383. The first kappa shape index (κ1) is 11.1. The molecule has 3 heteroatoms. The van der Waals surface area contributed by atoms with E-state index in [2.05, 4.69) is 17.8 Å². The van der Waals surface area contributed by atoms with Crippen LogP contribution in [0.2, 0.25) is 0 Å². The van der Waals surface area contributed by atoms with Crippen molar-refractivity contribution in [2.45, 2.75) is 12.8 Å². The van der Waals surface area contributed by atoms with Gasteiger partial charge in [0.15, 0.2) is 0 Å². The zero-order valence-electron chi connectivity index (χ0n) is 8.55. The van der Waals surface area contributed by atoms with Crippen molar-refractivity contribution >= 4 is 5.91 Å². The minimum Gasteiger partial charge on any atom is -0.399 e. The molecule has 0 unspecified atom stereocenters. The van der Waals surface area contributed by atoms with Gasteiger partial charge in [0.25, 0.3) is 0 Å². The van der Waals surface area contributed by atoms with Crippen LogP contribution in [0.1, 0.15) is 12.8 Å². The zero-order chi connectivity index (χ0) is 11.3. The average molecular weight is 202 g/mol. The van der Waals surface area contributed by atoms with Gasteiger partial charge in [-0.25, -0.2) is 0 Å². The third-order valence-electron chi connectivity index (χ3n) is 2.11. The quantitative estimate of drug-likeness (QED) is 0.667. The van der Waals surface area contributed by atoms with Gasteiger partial charge in [0.1, 0.15) is 0 Å². The highest BCUT2D eigenvalue weighted by molar-refractivity contribution is 5.78. The van der Waals surface area contributed by atoms with Crippen LogP contribution in [0.15, 0.2) is 35.6 Å². The first-order valence-electron chi connectivity index (χ1n) is 4.68. The van der Waals surface area contributed by atoms with Gasteiger partial charge in [-0.2, -0.15) is 0 Å². The number of carbonyl (C=O) groups excluding carboxylic acids is 1. The van der Waals surface area contributed by atoms with Crippen LogP contribution in [0.3, 0.4) is 0 Å². The third-order valence-corrected chi connectivity index (χ3v) is 2.11. The lowest BCUT2D eigenvalue weighted by Crippen LogP contribution is -2.25. The molecule has 1 rings (SSSR count). The van der Waals surface area contributed by atoms with Crippen molar-refractivity contribution in [2.24, 2.45) is 5.73 Å². The molecular formula is C12H14N2O. The summed E-state index contributed by atoms with van der Waals surface area (Å²) in [6, 6.07) is 0. The van der Waals surface area contributed by atoms with E-state index < -0.39 is 0 Å². The predicted octanol–water partition coefficient (Wildman–Crippen LogP) is 0.855. The van der Waals surface area contributed by atoms with E-state index in [0.717, 1.165) is 17.6 Å². The fraction of sp³-hybridized carbons (Fsp3) is 0.250. The summed E-state index contributed by atoms with van der Waals surface area (Å²) in [5.74, 6) is 2.14. The fourth-order valence-corrected chi connectivity index (χ4v) is 1.21. The first-order valence-corrected chi connectivity index (χ1v) is 4.68. The third kappa shape index (κ3) is 3.35. The summed E-state index contributed by atoms with van der Waals surface area (Å²) in [6.45, 7) is 4.27. The van der Waals surface area contributed by atoms with Gasteiger partial charge < -0.3 is 11.1 Å². The van der Waals surface area contributed by atoms with Crippen molar-refractivity contribution in [3.8, 4) is 12.3 Å². The molecule has 0 spiro atoms. The van der Waals surface area contributed by atoms with Crippen molar-refractivity contribution in [3.63, 3.8) is 0 Å². The fourth-order valence-electron chi connectivity index (χ4n) is 1.21. The molecule has 1 aliphatic rings. The molecule has 0 atom stereocenters. The molecule has 0 bridgehead atoms. The molecule has 0 heterocycles. The van der Waals surface area contributed by atoms with Crippen molar-refractivity contribution in [1.82, 2.24) is 5.32 Å². The molecule has 0 aromatic rings. The van der Waals surface area contributed by atoms with E-state index in [0.29, 0.717) is 12.2 Å². The van der Waals surface area contributed by atoms with E-state index in [9.17, 15) is 4.79 Å². The van der Waals surface area contributed by atoms with Gasteiger partial charge in [-0.3, -0.25) is 4.79 Å². The van der Waals surface area contributed by atoms with Gasteiger partial charge in [-0.15, -0.1) is 6.42 Å². The second-order valence-electron chi connectivity index (χ2n) is 3.34. The molecule has 0 fully saturated rings. The molecule has 0 aromatic heterocycles. The standard InChI is InChI=1S/C12H14N2O/c1-3-4-12(15)14-8-10-6-5-9(2)11(13)7-10/h1,6-7H,2,4-5,8,13H2,(H,14,15). The topological polar surface area (TPSA) is 55.1 Å². The number of rotatable bonds is 3. The number of nitrogens with one attached hydrogen (secondary N) is 1. The monoisotopic (exact) mass is 202 g/mol. The Kier molecular flexibility index (Phi) is 3.75. The summed E-state index contributed by atoms with van der Waals surface area (Å²) < 4.78 is 0. The molecule has 78 valence electrons. The second-order valence-corrected chi connectivity index (χ2v) is 3.34. The summed E-state index contributed by atoms with van der Waals surface area (Å²) in [5, 5.41) is 2.71. The summed E-state index contributed by atoms with van der Waals surface area (Å²) >= 11 is 0. The van der Waals surface area contributed by atoms with Crippen LogP contribution in [-0.4, -0.2) is 12.5 Å². The van der Waals surface area contributed by atoms with E-state index in [1.165, 1.54) is 0 Å². The molecule has 0 radical (unpaired) electrons. The van der Waals surface area contributed by atoms with Gasteiger partial charge in [-0.05, 0) is 23.6 Å². The van der Waals surface area contributed by atoms with Crippen LogP contribution in [0.5, 0.6) is 0 Å². The Labute approximate surface area is 89.7 Å². The molecule has 1 amide bonds. The zero-order valence-corrected chi connectivity index (χ0v) is 8.55. The Hall–Kier alpha value is -1.95. The number of amides is 1. The molecule has 15 heavy (non-hydrogen) atoms. The molecule has 0 aromatic carbocycles. The summed E-state index contributed by atoms with van der Waals surface area (Å²) in [4.78, 5) is 11.1. The molecule has 0 aliphatic heterocycles. The second kappa shape index (κ2) is 5.06. The van der Waals surface area contributed by atoms with Gasteiger partial charge in [0.05, 0.1) is 6.42 Å². The Morgan fingerprint density at radius 2 is 2.47 bits per heavy atom. The minimum absolute atomic E-state index is 0.110. The van der Waals surface area contributed by atoms with Crippen LogP contribution in [0, 0.1) is 12.3 Å². The highest BCUT2D eigenvalue weighted by Crippen LogP contribution is 2.17. The number of hydrogen-bond donors (Lipinski definition) is 2. The predicted molar refractivity (Wildman–Crippen MR) is 60.6 cm³/mol. The van der Waals surface area contributed by atoms with Gasteiger partial charge >= 0.3 is 0 Å². The van der Waals surface area contributed by atoms with E-state index in [4.69, 9.17) is 12.2 Å². The van der Waals surface area contributed by atoms with Crippen molar-refractivity contribution in [2.75, 3.05) is 6.54 Å². The summed E-state index contributed by atoms with van der Waals surface area (Å²) in [7, 11) is 0. The normalized spacial score (nSPS) is 15.0. The SMILES string of the molecule is C#CCC(=O)NCC1=CCC(=C)C(N)=C1. The summed E-state index contributed by atoms with van der Waals surface area (Å²) in [6.07, 6.45) is 9.67. The highest BCUT2D eigenvalue weighted by Gasteiger charge is 2.06. The lowest BCUT2D eigenvalue weighted by atomic mass is 10.0. The molecule has 1 aliphatic carbocycles. The van der Waals surface area contributed by atoms with E-state index in [1.807, 2.05) is 12.2 Å². The molecular weight excluding hydrogens is 188 g/mol. The Morgan fingerprint density at radius 1 is 1.73 bits per heavy atom. The molecule has 3 nitrogen and oxygen atoms in total. The summed E-state index contributed by atoms with van der Waals surface area (Å²) in [5.41, 5.74) is 8.29. The maximum absolute atomic E-state index is 11.1. The van der Waals surface area contributed by atoms with Crippen molar-refractivity contribution in [1.29, 1.82) is 0 Å². The minimum atomic E-state index is -0.144. The number of hydrogen-bond acceptors (Lipinski definition) is 2. The van der Waals surface area contributed by atoms with Crippen LogP contribution in [0.25, 0.3) is 0 Å². The van der Waals surface area contributed by atoms with Gasteiger partial charge in [0.2, 0.25) is 5.91 Å². The molecule has 0 saturated carbocycles. The van der Waals surface area contributed by atoms with E-state index in [-0.39, 0.29) is 12.3 Å². The van der Waals surface area contributed by atoms with Gasteiger partial charge in [-0.1, -0.05) is 18.6 Å². The Balaban J connectivity index is 2.45. The number of terminal acetylenes is 1. The van der Waals surface area contributed by atoms with Crippen LogP contribution >= 0.6 is 0 Å². The van der Waals surface area contributed by atoms with E-state index in [1.54, 1.807) is 0 Å². The lowest BCUT2D eigenvalue weighted by molar-refractivity contribution is -0.119. The largest absolute Gasteiger partial charge is 0.399 e. The van der Waals surface area contributed by atoms with Crippen LogP contribution < -0.4 is 11.1 Å². The first-order chi connectivity index (χ1) is 7.13.